The molecular formula is C12H13FN2O2S. The normalized spacial score (nSPS) is 11.7. The van der Waals surface area contributed by atoms with E-state index < -0.39 is 15.7 Å². The van der Waals surface area contributed by atoms with Gasteiger partial charge in [-0.2, -0.15) is 0 Å². The van der Waals surface area contributed by atoms with Crippen LogP contribution in [0.15, 0.2) is 41.6 Å². The molecule has 0 saturated carbocycles. The van der Waals surface area contributed by atoms with Gasteiger partial charge in [0.15, 0.2) is 9.84 Å². The van der Waals surface area contributed by atoms with E-state index in [1.807, 2.05) is 0 Å². The fourth-order valence-corrected chi connectivity index (χ4v) is 2.97. The lowest BCUT2D eigenvalue weighted by Crippen LogP contribution is -2.14. The van der Waals surface area contributed by atoms with Crippen LogP contribution in [0.25, 0.3) is 0 Å². The average molecular weight is 268 g/mol. The lowest BCUT2D eigenvalue weighted by Gasteiger charge is -2.07. The van der Waals surface area contributed by atoms with Gasteiger partial charge in [-0.15, -0.1) is 0 Å². The summed E-state index contributed by atoms with van der Waals surface area (Å²) in [6, 6.07) is 5.41. The van der Waals surface area contributed by atoms with E-state index in [0.717, 1.165) is 11.9 Å². The zero-order chi connectivity index (χ0) is 13.2. The summed E-state index contributed by atoms with van der Waals surface area (Å²) in [7, 11) is -3.61. The van der Waals surface area contributed by atoms with Gasteiger partial charge < -0.3 is 4.57 Å². The van der Waals surface area contributed by atoms with Crippen molar-refractivity contribution in [1.29, 1.82) is 0 Å². The van der Waals surface area contributed by atoms with Gasteiger partial charge in [-0.05, 0) is 19.1 Å². The van der Waals surface area contributed by atoms with E-state index in [4.69, 9.17) is 0 Å². The smallest absolute Gasteiger partial charge is 0.183 e. The third-order valence-corrected chi connectivity index (χ3v) is 4.42. The lowest BCUT2D eigenvalue weighted by atomic mass is 10.3. The van der Waals surface area contributed by atoms with Crippen LogP contribution in [0.4, 0.5) is 4.39 Å². The first-order chi connectivity index (χ1) is 8.50. The quantitative estimate of drug-likeness (QED) is 0.849. The molecule has 6 heteroatoms. The Balaban J connectivity index is 2.19. The van der Waals surface area contributed by atoms with Crippen LogP contribution in [0, 0.1) is 12.7 Å². The number of sulfone groups is 1. The van der Waals surface area contributed by atoms with Crippen molar-refractivity contribution in [3.05, 3.63) is 48.3 Å². The Bertz CT molecular complexity index is 650. The number of halogens is 1. The highest BCUT2D eigenvalue weighted by Gasteiger charge is 2.18. The predicted molar refractivity (Wildman–Crippen MR) is 65.4 cm³/mol. The van der Waals surface area contributed by atoms with Crippen molar-refractivity contribution in [2.45, 2.75) is 18.4 Å². The van der Waals surface area contributed by atoms with Gasteiger partial charge in [-0.1, -0.05) is 12.1 Å². The van der Waals surface area contributed by atoms with Crippen LogP contribution >= 0.6 is 0 Å². The summed E-state index contributed by atoms with van der Waals surface area (Å²) in [5.41, 5.74) is 0. The molecule has 18 heavy (non-hydrogen) atoms. The largest absolute Gasteiger partial charge is 0.334 e. The zero-order valence-corrected chi connectivity index (χ0v) is 10.7. The second-order valence-corrected chi connectivity index (χ2v) is 5.99. The standard InChI is InChI=1S/C12H13FN2O2S/c1-10-14-6-7-15(10)8-9-18(16,17)12-5-3-2-4-11(12)13/h2-7H,8-9H2,1H3. The monoisotopic (exact) mass is 268 g/mol. The molecule has 1 aromatic carbocycles. The topological polar surface area (TPSA) is 52.0 Å². The van der Waals surface area contributed by atoms with E-state index in [-0.39, 0.29) is 17.2 Å². The maximum Gasteiger partial charge on any atom is 0.183 e. The number of hydrogen-bond donors (Lipinski definition) is 0. The fourth-order valence-electron chi connectivity index (χ4n) is 1.67. The van der Waals surface area contributed by atoms with E-state index in [9.17, 15) is 12.8 Å². The Kier molecular flexibility index (Phi) is 3.47. The number of aryl methyl sites for hydroxylation is 2. The molecule has 0 spiro atoms. The number of benzene rings is 1. The van der Waals surface area contributed by atoms with Gasteiger partial charge in [0.2, 0.25) is 0 Å². The summed E-state index contributed by atoms with van der Waals surface area (Å²) in [5.74, 6) is -0.121. The highest BCUT2D eigenvalue weighted by atomic mass is 32.2. The minimum Gasteiger partial charge on any atom is -0.334 e. The molecular weight excluding hydrogens is 255 g/mol. The molecule has 0 unspecified atom stereocenters. The molecule has 4 nitrogen and oxygen atoms in total. The molecule has 0 bridgehead atoms. The van der Waals surface area contributed by atoms with Gasteiger partial charge in [0.25, 0.3) is 0 Å². The molecule has 0 aliphatic carbocycles. The van der Waals surface area contributed by atoms with Crippen LogP contribution in [0.3, 0.4) is 0 Å². The van der Waals surface area contributed by atoms with Gasteiger partial charge in [-0.3, -0.25) is 0 Å². The van der Waals surface area contributed by atoms with Crippen molar-refractivity contribution in [3.8, 4) is 0 Å². The summed E-state index contributed by atoms with van der Waals surface area (Å²) in [4.78, 5) is 3.75. The Morgan fingerprint density at radius 1 is 1.33 bits per heavy atom. The first kappa shape index (κ1) is 12.8. The molecule has 1 aromatic heterocycles. The Morgan fingerprint density at radius 3 is 2.67 bits per heavy atom. The maximum atomic E-state index is 13.4. The van der Waals surface area contributed by atoms with Crippen LogP contribution in [-0.2, 0) is 16.4 Å². The van der Waals surface area contributed by atoms with Crippen LogP contribution in [-0.4, -0.2) is 23.7 Å². The summed E-state index contributed by atoms with van der Waals surface area (Å²) in [6.07, 6.45) is 3.30. The summed E-state index contributed by atoms with van der Waals surface area (Å²) < 4.78 is 39.1. The number of rotatable bonds is 4. The van der Waals surface area contributed by atoms with Gasteiger partial charge in [0.05, 0.1) is 5.75 Å². The van der Waals surface area contributed by atoms with Crippen molar-refractivity contribution in [3.63, 3.8) is 0 Å². The van der Waals surface area contributed by atoms with Crippen LogP contribution < -0.4 is 0 Å². The second kappa shape index (κ2) is 4.89. The molecule has 0 saturated heterocycles. The van der Waals surface area contributed by atoms with Crippen molar-refractivity contribution < 1.29 is 12.8 Å². The van der Waals surface area contributed by atoms with Crippen LogP contribution in [0.2, 0.25) is 0 Å². The highest BCUT2D eigenvalue weighted by molar-refractivity contribution is 7.91. The second-order valence-electron chi connectivity index (χ2n) is 3.92. The summed E-state index contributed by atoms with van der Waals surface area (Å²) in [5, 5.41) is 0. The van der Waals surface area contributed by atoms with E-state index in [1.54, 1.807) is 23.9 Å². The minimum absolute atomic E-state index is 0.148. The van der Waals surface area contributed by atoms with Crippen molar-refractivity contribution in [1.82, 2.24) is 9.55 Å². The van der Waals surface area contributed by atoms with Crippen molar-refractivity contribution in [2.24, 2.45) is 0 Å². The maximum absolute atomic E-state index is 13.4. The van der Waals surface area contributed by atoms with Crippen molar-refractivity contribution in [2.75, 3.05) is 5.75 Å². The average Bonchev–Trinajstić information content (AvgIpc) is 2.73. The third kappa shape index (κ3) is 2.59. The lowest BCUT2D eigenvalue weighted by molar-refractivity contribution is 0.562. The molecule has 0 fully saturated rings. The van der Waals surface area contributed by atoms with Crippen LogP contribution in [0.5, 0.6) is 0 Å². The molecule has 0 aliphatic rings. The molecule has 0 aliphatic heterocycles. The molecule has 0 radical (unpaired) electrons. The molecule has 2 aromatic rings. The van der Waals surface area contributed by atoms with E-state index in [0.29, 0.717) is 0 Å². The van der Waals surface area contributed by atoms with E-state index >= 15 is 0 Å². The highest BCUT2D eigenvalue weighted by Crippen LogP contribution is 2.15. The predicted octanol–water partition coefficient (Wildman–Crippen LogP) is 1.80. The fraction of sp³-hybridized carbons (Fsp3) is 0.250. The molecule has 96 valence electrons. The molecule has 2 rings (SSSR count). The van der Waals surface area contributed by atoms with Gasteiger partial charge in [0, 0.05) is 18.9 Å². The minimum atomic E-state index is -3.61. The van der Waals surface area contributed by atoms with Gasteiger partial charge in [0.1, 0.15) is 16.5 Å². The van der Waals surface area contributed by atoms with Gasteiger partial charge in [-0.25, -0.2) is 17.8 Å². The van der Waals surface area contributed by atoms with Gasteiger partial charge >= 0.3 is 0 Å². The Hall–Kier alpha value is -1.69. The Labute approximate surface area is 105 Å². The third-order valence-electron chi connectivity index (χ3n) is 2.70. The first-order valence-electron chi connectivity index (χ1n) is 5.46. The van der Waals surface area contributed by atoms with E-state index in [2.05, 4.69) is 4.98 Å². The molecule has 0 amide bonds. The van der Waals surface area contributed by atoms with Crippen LogP contribution in [0.1, 0.15) is 5.82 Å². The number of aromatic nitrogens is 2. The number of imidazole rings is 1. The number of hydrogen-bond acceptors (Lipinski definition) is 3. The molecule has 1 heterocycles. The zero-order valence-electron chi connectivity index (χ0n) is 9.88. The Morgan fingerprint density at radius 2 is 2.06 bits per heavy atom. The SMILES string of the molecule is Cc1nccn1CCS(=O)(=O)c1ccccc1F. The first-order valence-corrected chi connectivity index (χ1v) is 7.11. The summed E-state index contributed by atoms with van der Waals surface area (Å²) in [6.45, 7) is 2.05. The van der Waals surface area contributed by atoms with E-state index in [1.165, 1.54) is 18.2 Å². The van der Waals surface area contributed by atoms with Crippen molar-refractivity contribution >= 4 is 9.84 Å². The summed E-state index contributed by atoms with van der Waals surface area (Å²) >= 11 is 0. The molecule has 0 atom stereocenters. The number of nitrogens with zero attached hydrogens (tertiary/aromatic N) is 2. The molecule has 0 N–H and O–H groups in total.